The molecule has 0 aliphatic heterocycles. The van der Waals surface area contributed by atoms with Crippen molar-refractivity contribution in [1.29, 1.82) is 0 Å². The van der Waals surface area contributed by atoms with E-state index in [9.17, 15) is 19.2 Å². The van der Waals surface area contributed by atoms with E-state index in [1.165, 1.54) is 14.2 Å². The van der Waals surface area contributed by atoms with E-state index in [2.05, 4.69) is 10.6 Å². The fraction of sp³-hybridized carbons (Fsp3) is 0.407. The lowest BCUT2D eigenvalue weighted by Crippen LogP contribution is -2.52. The van der Waals surface area contributed by atoms with Crippen LogP contribution in [-0.2, 0) is 30.3 Å². The summed E-state index contributed by atoms with van der Waals surface area (Å²) in [5, 5.41) is 5.99. The van der Waals surface area contributed by atoms with E-state index < -0.39 is 17.9 Å². The molecule has 1 aliphatic carbocycles. The second-order valence-electron chi connectivity index (χ2n) is 9.63. The van der Waals surface area contributed by atoms with Crippen LogP contribution in [0.2, 0.25) is 10.0 Å². The predicted octanol–water partition coefficient (Wildman–Crippen LogP) is 4.67. The molecular formula is C27H30Cl2N2O6. The molecule has 10 heteroatoms. The topological polar surface area (TPSA) is 111 Å². The van der Waals surface area contributed by atoms with Crippen LogP contribution in [0.15, 0.2) is 42.5 Å². The zero-order valence-corrected chi connectivity index (χ0v) is 22.6. The van der Waals surface area contributed by atoms with Gasteiger partial charge < -0.3 is 20.1 Å². The van der Waals surface area contributed by atoms with Gasteiger partial charge in [0, 0.05) is 18.5 Å². The zero-order valence-electron chi connectivity index (χ0n) is 21.1. The molecule has 1 saturated carbocycles. The molecule has 3 atom stereocenters. The van der Waals surface area contributed by atoms with E-state index >= 15 is 0 Å². The summed E-state index contributed by atoms with van der Waals surface area (Å²) in [6.07, 6.45) is 0.938. The smallest absolute Gasteiger partial charge is 0.328 e. The Bertz CT molecular complexity index is 1160. The zero-order chi connectivity index (χ0) is 27.3. The summed E-state index contributed by atoms with van der Waals surface area (Å²) >= 11 is 12.2. The van der Waals surface area contributed by atoms with Gasteiger partial charge in [-0.15, -0.1) is 0 Å². The van der Waals surface area contributed by atoms with Gasteiger partial charge in [-0.1, -0.05) is 55.2 Å². The molecule has 198 valence electrons. The Balaban J connectivity index is 1.61. The summed E-state index contributed by atoms with van der Waals surface area (Å²) in [6.45, 7) is 3.88. The van der Waals surface area contributed by atoms with Crippen molar-refractivity contribution in [2.24, 2.45) is 17.3 Å². The number of methoxy groups -OCH3 is 2. The Kier molecular flexibility index (Phi) is 9.21. The lowest BCUT2D eigenvalue weighted by atomic mass is 9.54. The van der Waals surface area contributed by atoms with Gasteiger partial charge in [-0.25, -0.2) is 4.79 Å². The first-order chi connectivity index (χ1) is 17.5. The SMILES string of the molecule is COC(=O)[C@H](Cc1ccc(NC(=O)c2c(Cl)cccc2Cl)cc1)NC(=O)C[C@@H]1C[C@H](C(=O)OC)C1(C)C. The van der Waals surface area contributed by atoms with Crippen molar-refractivity contribution in [2.75, 3.05) is 19.5 Å². The number of carbonyl (C=O) groups excluding carboxylic acids is 4. The molecule has 3 rings (SSSR count). The number of amides is 2. The highest BCUT2D eigenvalue weighted by Crippen LogP contribution is 2.53. The largest absolute Gasteiger partial charge is 0.469 e. The number of hydrogen-bond donors (Lipinski definition) is 2. The van der Waals surface area contributed by atoms with Crippen molar-refractivity contribution in [3.8, 4) is 0 Å². The van der Waals surface area contributed by atoms with Crippen molar-refractivity contribution in [1.82, 2.24) is 5.32 Å². The lowest BCUT2D eigenvalue weighted by Gasteiger charge is -2.50. The van der Waals surface area contributed by atoms with Crippen LogP contribution in [0.5, 0.6) is 0 Å². The van der Waals surface area contributed by atoms with Gasteiger partial charge in [0.1, 0.15) is 6.04 Å². The highest BCUT2D eigenvalue weighted by Gasteiger charge is 2.52. The van der Waals surface area contributed by atoms with E-state index in [0.717, 1.165) is 5.56 Å². The van der Waals surface area contributed by atoms with E-state index in [0.29, 0.717) is 12.1 Å². The van der Waals surface area contributed by atoms with Crippen LogP contribution in [-0.4, -0.2) is 44.0 Å². The quantitative estimate of drug-likeness (QED) is 0.440. The monoisotopic (exact) mass is 548 g/mol. The van der Waals surface area contributed by atoms with Crippen LogP contribution in [0.25, 0.3) is 0 Å². The number of anilines is 1. The first kappa shape index (κ1) is 28.5. The van der Waals surface area contributed by atoms with Crippen molar-refractivity contribution < 1.29 is 28.7 Å². The third-order valence-corrected chi connectivity index (χ3v) is 7.68. The van der Waals surface area contributed by atoms with Crippen LogP contribution in [0.3, 0.4) is 0 Å². The Labute approximate surface area is 226 Å². The molecule has 0 heterocycles. The number of hydrogen-bond acceptors (Lipinski definition) is 6. The highest BCUT2D eigenvalue weighted by atomic mass is 35.5. The molecule has 0 bridgehead atoms. The molecule has 0 saturated heterocycles. The second kappa shape index (κ2) is 12.0. The van der Waals surface area contributed by atoms with Crippen molar-refractivity contribution in [2.45, 2.75) is 39.2 Å². The van der Waals surface area contributed by atoms with E-state index in [4.69, 9.17) is 32.7 Å². The van der Waals surface area contributed by atoms with Gasteiger partial charge in [-0.3, -0.25) is 14.4 Å². The molecule has 8 nitrogen and oxygen atoms in total. The van der Waals surface area contributed by atoms with Gasteiger partial charge in [0.2, 0.25) is 5.91 Å². The molecule has 1 aliphatic rings. The van der Waals surface area contributed by atoms with E-state index in [1.54, 1.807) is 42.5 Å². The highest BCUT2D eigenvalue weighted by molar-refractivity contribution is 6.40. The predicted molar refractivity (Wildman–Crippen MR) is 141 cm³/mol. The van der Waals surface area contributed by atoms with Crippen molar-refractivity contribution in [3.63, 3.8) is 0 Å². The Morgan fingerprint density at radius 3 is 2.16 bits per heavy atom. The number of halogens is 2. The number of ether oxygens (including phenoxy) is 2. The molecule has 2 amide bonds. The van der Waals surface area contributed by atoms with Crippen LogP contribution in [0.4, 0.5) is 5.69 Å². The Hall–Kier alpha value is -3.10. The maximum Gasteiger partial charge on any atom is 0.328 e. The first-order valence-corrected chi connectivity index (χ1v) is 12.5. The van der Waals surface area contributed by atoms with Crippen LogP contribution >= 0.6 is 23.2 Å². The minimum atomic E-state index is -0.889. The third-order valence-electron chi connectivity index (χ3n) is 7.05. The molecule has 0 spiro atoms. The van der Waals surface area contributed by atoms with Gasteiger partial charge in [-0.05, 0) is 47.6 Å². The molecular weight excluding hydrogens is 519 g/mol. The van der Waals surface area contributed by atoms with E-state index in [1.807, 2.05) is 13.8 Å². The summed E-state index contributed by atoms with van der Waals surface area (Å²) in [7, 11) is 2.62. The standard InChI is InChI=1S/C27H30Cl2N2O6/c1-27(2)16(13-18(27)25(34)36-3)14-22(32)31-21(26(35)37-4)12-15-8-10-17(11-9-15)30-24(33)23-19(28)6-5-7-20(23)29/h5-11,16,18,21H,12-14H2,1-4H3,(H,30,33)(H,31,32)/t16-,18+,21-/m0/s1. The average molecular weight is 549 g/mol. The van der Waals surface area contributed by atoms with Crippen molar-refractivity contribution >= 4 is 52.6 Å². The molecule has 37 heavy (non-hydrogen) atoms. The summed E-state index contributed by atoms with van der Waals surface area (Å²) in [5.74, 6) is -1.85. The van der Waals surface area contributed by atoms with Gasteiger partial charge in [0.05, 0.1) is 35.7 Å². The van der Waals surface area contributed by atoms with Gasteiger partial charge >= 0.3 is 11.9 Å². The Morgan fingerprint density at radius 1 is 1.00 bits per heavy atom. The molecule has 2 aromatic rings. The molecule has 2 aromatic carbocycles. The second-order valence-corrected chi connectivity index (χ2v) is 10.4. The number of esters is 2. The van der Waals surface area contributed by atoms with Crippen LogP contribution in [0.1, 0.15) is 42.6 Å². The average Bonchev–Trinajstić information content (AvgIpc) is 2.86. The summed E-state index contributed by atoms with van der Waals surface area (Å²) < 4.78 is 9.73. The maximum absolute atomic E-state index is 12.8. The summed E-state index contributed by atoms with van der Waals surface area (Å²) in [6, 6.07) is 10.8. The number of benzene rings is 2. The molecule has 1 fully saturated rings. The minimum absolute atomic E-state index is 0.00980. The van der Waals surface area contributed by atoms with E-state index in [-0.39, 0.29) is 57.6 Å². The molecule has 2 N–H and O–H groups in total. The number of nitrogens with one attached hydrogen (secondary N) is 2. The maximum atomic E-state index is 12.8. The lowest BCUT2D eigenvalue weighted by molar-refractivity contribution is -0.164. The normalized spacial score (nSPS) is 18.6. The summed E-state index contributed by atoms with van der Waals surface area (Å²) in [4.78, 5) is 49.7. The van der Waals surface area contributed by atoms with Crippen LogP contribution in [0, 0.1) is 17.3 Å². The fourth-order valence-electron chi connectivity index (χ4n) is 4.59. The number of rotatable bonds is 9. The Morgan fingerprint density at radius 2 is 1.62 bits per heavy atom. The fourth-order valence-corrected chi connectivity index (χ4v) is 5.15. The minimum Gasteiger partial charge on any atom is -0.469 e. The van der Waals surface area contributed by atoms with Gasteiger partial charge in [0.15, 0.2) is 0 Å². The third kappa shape index (κ3) is 6.62. The summed E-state index contributed by atoms with van der Waals surface area (Å²) in [5.41, 5.74) is 1.06. The van der Waals surface area contributed by atoms with Crippen LogP contribution < -0.4 is 10.6 Å². The van der Waals surface area contributed by atoms with Gasteiger partial charge in [-0.2, -0.15) is 0 Å². The van der Waals surface area contributed by atoms with Gasteiger partial charge in [0.25, 0.3) is 5.91 Å². The molecule has 0 aromatic heterocycles. The first-order valence-electron chi connectivity index (χ1n) is 11.8. The molecule has 0 radical (unpaired) electrons. The molecule has 0 unspecified atom stereocenters. The number of carbonyl (C=O) groups is 4. The van der Waals surface area contributed by atoms with Crippen molar-refractivity contribution in [3.05, 3.63) is 63.6 Å².